The van der Waals surface area contributed by atoms with E-state index in [1.807, 2.05) is 9.80 Å². The summed E-state index contributed by atoms with van der Waals surface area (Å²) >= 11 is 0. The maximum absolute atomic E-state index is 13.7. The van der Waals surface area contributed by atoms with Gasteiger partial charge in [0.05, 0.1) is 6.04 Å². The zero-order valence-corrected chi connectivity index (χ0v) is 28.3. The van der Waals surface area contributed by atoms with Crippen LogP contribution in [-0.4, -0.2) is 96.4 Å². The molecule has 0 spiro atoms. The number of hydrogen-bond donors (Lipinski definition) is 0. The second kappa shape index (κ2) is 25.4. The van der Waals surface area contributed by atoms with Crippen LogP contribution in [0.3, 0.4) is 0 Å². The second-order valence-electron chi connectivity index (χ2n) is 12.3. The fraction of sp³-hybridized carbons (Fsp3) is 0.943. The molecule has 1 fully saturated rings. The van der Waals surface area contributed by atoms with Crippen LogP contribution in [0, 0.1) is 0 Å². The fourth-order valence-corrected chi connectivity index (χ4v) is 6.26. The third kappa shape index (κ3) is 16.9. The SMILES string of the molecule is CCCCCCCCCCCCCCCCCC(=O)C1CCCN1C(=O)N(CCN(CC)CC)CCN(CC)CC. The summed E-state index contributed by atoms with van der Waals surface area (Å²) in [6.07, 6.45) is 22.4. The molecule has 2 amide bonds. The van der Waals surface area contributed by atoms with Gasteiger partial charge in [0.2, 0.25) is 0 Å². The summed E-state index contributed by atoms with van der Waals surface area (Å²) in [7, 11) is 0. The van der Waals surface area contributed by atoms with Crippen molar-refractivity contribution in [2.75, 3.05) is 58.9 Å². The Bertz CT molecular complexity index is 620. The molecule has 0 aliphatic carbocycles. The van der Waals surface area contributed by atoms with Gasteiger partial charge in [-0.15, -0.1) is 0 Å². The summed E-state index contributed by atoms with van der Waals surface area (Å²) in [6.45, 7) is 19.0. The summed E-state index contributed by atoms with van der Waals surface area (Å²) in [5, 5.41) is 0. The van der Waals surface area contributed by atoms with E-state index in [0.717, 1.165) is 84.6 Å². The van der Waals surface area contributed by atoms with Crippen LogP contribution in [0.1, 0.15) is 150 Å². The number of rotatable bonds is 27. The van der Waals surface area contributed by atoms with Crippen LogP contribution in [0.15, 0.2) is 0 Å². The highest BCUT2D eigenvalue weighted by Crippen LogP contribution is 2.22. The molecule has 41 heavy (non-hydrogen) atoms. The smallest absolute Gasteiger partial charge is 0.320 e. The first kappa shape index (κ1) is 37.9. The molecule has 0 saturated carbocycles. The predicted octanol–water partition coefficient (Wildman–Crippen LogP) is 8.39. The van der Waals surface area contributed by atoms with Crippen molar-refractivity contribution in [3.63, 3.8) is 0 Å². The van der Waals surface area contributed by atoms with E-state index in [-0.39, 0.29) is 17.9 Å². The highest BCUT2D eigenvalue weighted by molar-refractivity contribution is 5.89. The number of urea groups is 1. The van der Waals surface area contributed by atoms with Crippen molar-refractivity contribution >= 4 is 11.8 Å². The Morgan fingerprint density at radius 1 is 0.585 bits per heavy atom. The Morgan fingerprint density at radius 3 is 1.41 bits per heavy atom. The third-order valence-electron chi connectivity index (χ3n) is 9.33. The molecule has 0 radical (unpaired) electrons. The Labute approximate surface area is 256 Å². The number of unbranched alkanes of at least 4 members (excludes halogenated alkanes) is 14. The van der Waals surface area contributed by atoms with E-state index in [1.165, 1.54) is 83.5 Å². The van der Waals surface area contributed by atoms with E-state index in [9.17, 15) is 9.59 Å². The number of nitrogens with zero attached hydrogens (tertiary/aromatic N) is 4. The van der Waals surface area contributed by atoms with Crippen molar-refractivity contribution < 1.29 is 9.59 Å². The third-order valence-corrected chi connectivity index (χ3v) is 9.33. The standard InChI is InChI=1S/C35H70N4O2/c1-6-11-12-13-14-15-16-17-18-19-20-21-22-23-24-27-34(40)33-26-25-28-39(33)35(41)38(31-29-36(7-2)8-3)32-30-37(9-4)10-5/h33H,6-32H2,1-5H3. The van der Waals surface area contributed by atoms with E-state index in [0.29, 0.717) is 6.42 Å². The zero-order valence-electron chi connectivity index (χ0n) is 28.3. The molecule has 1 aliphatic rings. The maximum Gasteiger partial charge on any atom is 0.320 e. The zero-order chi connectivity index (χ0) is 30.1. The molecule has 1 aliphatic heterocycles. The second-order valence-corrected chi connectivity index (χ2v) is 12.3. The van der Waals surface area contributed by atoms with Crippen LogP contribution >= 0.6 is 0 Å². The van der Waals surface area contributed by atoms with Crippen LogP contribution < -0.4 is 0 Å². The molecule has 0 N–H and O–H groups in total. The normalized spacial score (nSPS) is 15.4. The average molecular weight is 579 g/mol. The van der Waals surface area contributed by atoms with Gasteiger partial charge >= 0.3 is 6.03 Å². The van der Waals surface area contributed by atoms with E-state index >= 15 is 0 Å². The van der Waals surface area contributed by atoms with Gasteiger partial charge in [-0.3, -0.25) is 4.79 Å². The highest BCUT2D eigenvalue weighted by Gasteiger charge is 2.35. The molecule has 0 bridgehead atoms. The van der Waals surface area contributed by atoms with Gasteiger partial charge < -0.3 is 19.6 Å². The highest BCUT2D eigenvalue weighted by atomic mass is 16.2. The summed E-state index contributed by atoms with van der Waals surface area (Å²) in [6, 6.07) is -0.129. The van der Waals surface area contributed by atoms with Gasteiger partial charge in [-0.2, -0.15) is 0 Å². The molecule has 1 unspecified atom stereocenters. The lowest BCUT2D eigenvalue weighted by Crippen LogP contribution is -2.51. The predicted molar refractivity (Wildman–Crippen MR) is 177 cm³/mol. The van der Waals surface area contributed by atoms with Gasteiger partial charge in [-0.25, -0.2) is 4.79 Å². The Balaban J connectivity index is 2.33. The van der Waals surface area contributed by atoms with Crippen molar-refractivity contribution in [3.8, 4) is 0 Å². The monoisotopic (exact) mass is 579 g/mol. The number of hydrogen-bond acceptors (Lipinski definition) is 4. The van der Waals surface area contributed by atoms with E-state index in [1.54, 1.807) is 0 Å². The minimum atomic E-state index is -0.210. The van der Waals surface area contributed by atoms with E-state index in [2.05, 4.69) is 44.4 Å². The Kier molecular flexibility index (Phi) is 23.4. The van der Waals surface area contributed by atoms with Crippen molar-refractivity contribution in [2.24, 2.45) is 0 Å². The first-order chi connectivity index (χ1) is 20.0. The van der Waals surface area contributed by atoms with Crippen LogP contribution in [-0.2, 0) is 4.79 Å². The molecule has 1 rings (SSSR count). The van der Waals surface area contributed by atoms with Crippen LogP contribution in [0.5, 0.6) is 0 Å². The first-order valence-electron chi connectivity index (χ1n) is 18.0. The molecule has 1 atom stereocenters. The summed E-state index contributed by atoms with van der Waals surface area (Å²) < 4.78 is 0. The van der Waals surface area contributed by atoms with Crippen molar-refractivity contribution in [1.29, 1.82) is 0 Å². The summed E-state index contributed by atoms with van der Waals surface area (Å²) in [5.41, 5.74) is 0. The van der Waals surface area contributed by atoms with Gasteiger partial charge in [0.25, 0.3) is 0 Å². The molecule has 6 heteroatoms. The van der Waals surface area contributed by atoms with Crippen LogP contribution in [0.4, 0.5) is 4.79 Å². The molecule has 6 nitrogen and oxygen atoms in total. The topological polar surface area (TPSA) is 47.1 Å². The number of carbonyl (C=O) groups excluding carboxylic acids is 2. The van der Waals surface area contributed by atoms with Crippen molar-refractivity contribution in [1.82, 2.24) is 19.6 Å². The molecular formula is C35H70N4O2. The summed E-state index contributed by atoms with van der Waals surface area (Å²) in [4.78, 5) is 35.6. The Morgan fingerprint density at radius 2 is 1.00 bits per heavy atom. The van der Waals surface area contributed by atoms with Gasteiger partial charge in [-0.05, 0) is 45.4 Å². The Hall–Kier alpha value is -1.14. The molecular weight excluding hydrogens is 508 g/mol. The minimum absolute atomic E-state index is 0.0802. The number of Topliss-reactive ketones (excluding diaryl/α,β-unsaturated/α-hetero) is 1. The van der Waals surface area contributed by atoms with Crippen LogP contribution in [0.2, 0.25) is 0 Å². The lowest BCUT2D eigenvalue weighted by atomic mass is 10.0. The van der Waals surface area contributed by atoms with Crippen LogP contribution in [0.25, 0.3) is 0 Å². The van der Waals surface area contributed by atoms with Gasteiger partial charge in [0.15, 0.2) is 5.78 Å². The molecule has 242 valence electrons. The molecule has 1 saturated heterocycles. The number of amides is 2. The maximum atomic E-state index is 13.7. The van der Waals surface area contributed by atoms with Gasteiger partial charge in [0.1, 0.15) is 0 Å². The van der Waals surface area contributed by atoms with E-state index < -0.39 is 0 Å². The largest absolute Gasteiger partial charge is 0.322 e. The lowest BCUT2D eigenvalue weighted by Gasteiger charge is -2.34. The molecule has 0 aromatic carbocycles. The average Bonchev–Trinajstić information content (AvgIpc) is 3.49. The number of likely N-dealkylation sites (N-methyl/N-ethyl adjacent to an activating group) is 2. The number of ketones is 1. The van der Waals surface area contributed by atoms with Crippen molar-refractivity contribution in [3.05, 3.63) is 0 Å². The van der Waals surface area contributed by atoms with Crippen molar-refractivity contribution in [2.45, 2.75) is 156 Å². The quantitative estimate of drug-likeness (QED) is 0.0919. The number of likely N-dealkylation sites (tertiary alicyclic amines) is 1. The van der Waals surface area contributed by atoms with E-state index in [4.69, 9.17) is 0 Å². The molecule has 0 aromatic heterocycles. The minimum Gasteiger partial charge on any atom is -0.322 e. The number of carbonyl (C=O) groups is 2. The fourth-order valence-electron chi connectivity index (χ4n) is 6.26. The summed E-state index contributed by atoms with van der Waals surface area (Å²) in [5.74, 6) is 0.290. The molecule has 0 aromatic rings. The van der Waals surface area contributed by atoms with Gasteiger partial charge in [0, 0.05) is 39.1 Å². The lowest BCUT2D eigenvalue weighted by molar-refractivity contribution is -0.122. The van der Waals surface area contributed by atoms with Gasteiger partial charge in [-0.1, -0.05) is 125 Å². The molecule has 1 heterocycles. The first-order valence-corrected chi connectivity index (χ1v) is 18.0.